The SMILES string of the molecule is O=c1[nH]c(C2CSCCO2)nc(O)c1-c1cccc(F)c1. The zero-order valence-corrected chi connectivity index (χ0v) is 11.8. The van der Waals surface area contributed by atoms with E-state index < -0.39 is 17.3 Å². The average molecular weight is 308 g/mol. The number of halogens is 1. The van der Waals surface area contributed by atoms with Gasteiger partial charge in [-0.1, -0.05) is 12.1 Å². The molecule has 1 saturated heterocycles. The van der Waals surface area contributed by atoms with Crippen LogP contribution in [0.5, 0.6) is 5.88 Å². The molecule has 1 atom stereocenters. The molecule has 2 heterocycles. The van der Waals surface area contributed by atoms with E-state index in [1.165, 1.54) is 18.2 Å². The Hall–Kier alpha value is -1.86. The van der Waals surface area contributed by atoms with Gasteiger partial charge < -0.3 is 14.8 Å². The number of rotatable bonds is 2. The van der Waals surface area contributed by atoms with E-state index in [0.29, 0.717) is 18.2 Å². The minimum Gasteiger partial charge on any atom is -0.493 e. The molecule has 0 saturated carbocycles. The summed E-state index contributed by atoms with van der Waals surface area (Å²) in [5.74, 6) is 0.959. The Balaban J connectivity index is 2.02. The van der Waals surface area contributed by atoms with Crippen LogP contribution < -0.4 is 5.56 Å². The van der Waals surface area contributed by atoms with Gasteiger partial charge in [0.2, 0.25) is 5.88 Å². The predicted octanol–water partition coefficient (Wildman–Crippen LogP) is 2.09. The number of thioether (sulfide) groups is 1. The summed E-state index contributed by atoms with van der Waals surface area (Å²) in [7, 11) is 0. The summed E-state index contributed by atoms with van der Waals surface area (Å²) in [5, 5.41) is 10.0. The van der Waals surface area contributed by atoms with Gasteiger partial charge in [-0.05, 0) is 17.7 Å². The van der Waals surface area contributed by atoms with Crippen molar-refractivity contribution in [2.24, 2.45) is 0 Å². The first-order valence-corrected chi connectivity index (χ1v) is 7.59. The molecule has 2 aromatic rings. The van der Waals surface area contributed by atoms with Crippen molar-refractivity contribution >= 4 is 11.8 Å². The van der Waals surface area contributed by atoms with Crippen LogP contribution in [0.2, 0.25) is 0 Å². The molecule has 0 radical (unpaired) electrons. The second-order valence-corrected chi connectivity index (χ2v) is 5.74. The lowest BCUT2D eigenvalue weighted by atomic mass is 10.1. The van der Waals surface area contributed by atoms with Crippen molar-refractivity contribution in [3.8, 4) is 17.0 Å². The Kier molecular flexibility index (Phi) is 3.94. The van der Waals surface area contributed by atoms with Crippen molar-refractivity contribution in [1.82, 2.24) is 9.97 Å². The lowest BCUT2D eigenvalue weighted by molar-refractivity contribution is 0.0688. The highest BCUT2D eigenvalue weighted by atomic mass is 32.2. The number of aromatic nitrogens is 2. The zero-order chi connectivity index (χ0) is 14.8. The van der Waals surface area contributed by atoms with E-state index in [1.807, 2.05) is 0 Å². The average Bonchev–Trinajstić information content (AvgIpc) is 2.47. The Morgan fingerprint density at radius 2 is 2.33 bits per heavy atom. The number of aromatic amines is 1. The number of nitrogens with one attached hydrogen (secondary N) is 1. The first-order valence-electron chi connectivity index (χ1n) is 6.43. The molecule has 0 amide bonds. The van der Waals surface area contributed by atoms with Gasteiger partial charge in [-0.3, -0.25) is 4.79 Å². The van der Waals surface area contributed by atoms with Crippen LogP contribution in [0.3, 0.4) is 0 Å². The molecule has 7 heteroatoms. The number of hydrogen-bond acceptors (Lipinski definition) is 5. The van der Waals surface area contributed by atoms with Crippen LogP contribution in [0.1, 0.15) is 11.9 Å². The summed E-state index contributed by atoms with van der Waals surface area (Å²) in [6.45, 7) is 0.575. The van der Waals surface area contributed by atoms with E-state index in [0.717, 1.165) is 5.75 Å². The van der Waals surface area contributed by atoms with E-state index in [1.54, 1.807) is 17.8 Å². The summed E-state index contributed by atoms with van der Waals surface area (Å²) in [6.07, 6.45) is -0.344. The highest BCUT2D eigenvalue weighted by molar-refractivity contribution is 7.99. The van der Waals surface area contributed by atoms with Crippen LogP contribution in [0.15, 0.2) is 29.1 Å². The van der Waals surface area contributed by atoms with Crippen LogP contribution in [-0.4, -0.2) is 33.2 Å². The Labute approximate surface area is 124 Å². The molecule has 110 valence electrons. The van der Waals surface area contributed by atoms with E-state index in [4.69, 9.17) is 4.74 Å². The fourth-order valence-corrected chi connectivity index (χ4v) is 3.03. The van der Waals surface area contributed by atoms with E-state index in [9.17, 15) is 14.3 Å². The summed E-state index contributed by atoms with van der Waals surface area (Å²) >= 11 is 1.69. The van der Waals surface area contributed by atoms with Crippen molar-refractivity contribution in [3.63, 3.8) is 0 Å². The fourth-order valence-electron chi connectivity index (χ4n) is 2.18. The van der Waals surface area contributed by atoms with Crippen molar-refractivity contribution in [2.45, 2.75) is 6.10 Å². The van der Waals surface area contributed by atoms with Gasteiger partial charge >= 0.3 is 0 Å². The largest absolute Gasteiger partial charge is 0.493 e. The van der Waals surface area contributed by atoms with Crippen LogP contribution in [0.25, 0.3) is 11.1 Å². The van der Waals surface area contributed by atoms with Gasteiger partial charge in [0.15, 0.2) is 0 Å². The highest BCUT2D eigenvalue weighted by Gasteiger charge is 2.22. The van der Waals surface area contributed by atoms with Gasteiger partial charge in [0, 0.05) is 11.5 Å². The normalized spacial score (nSPS) is 18.6. The van der Waals surface area contributed by atoms with Gasteiger partial charge in [0.05, 0.1) is 6.61 Å². The Morgan fingerprint density at radius 3 is 3.00 bits per heavy atom. The summed E-state index contributed by atoms with van der Waals surface area (Å²) in [5.41, 5.74) is -0.268. The smallest absolute Gasteiger partial charge is 0.262 e. The number of aromatic hydroxyl groups is 1. The van der Waals surface area contributed by atoms with E-state index in [2.05, 4.69) is 9.97 Å². The van der Waals surface area contributed by atoms with Gasteiger partial charge in [-0.15, -0.1) is 0 Å². The number of H-pyrrole nitrogens is 1. The molecule has 1 aromatic carbocycles. The quantitative estimate of drug-likeness (QED) is 0.888. The van der Waals surface area contributed by atoms with E-state index in [-0.39, 0.29) is 17.2 Å². The molecule has 0 spiro atoms. The fraction of sp³-hybridized carbons (Fsp3) is 0.286. The molecule has 1 unspecified atom stereocenters. The highest BCUT2D eigenvalue weighted by Crippen LogP contribution is 2.28. The molecule has 3 rings (SSSR count). The second kappa shape index (κ2) is 5.87. The molecule has 1 aromatic heterocycles. The van der Waals surface area contributed by atoms with Crippen molar-refractivity contribution < 1.29 is 14.2 Å². The maximum absolute atomic E-state index is 13.2. The minimum absolute atomic E-state index is 0.0401. The van der Waals surface area contributed by atoms with Gasteiger partial charge in [-0.25, -0.2) is 4.39 Å². The van der Waals surface area contributed by atoms with Crippen LogP contribution in [-0.2, 0) is 4.74 Å². The van der Waals surface area contributed by atoms with Crippen LogP contribution >= 0.6 is 11.8 Å². The molecule has 0 bridgehead atoms. The topological polar surface area (TPSA) is 75.2 Å². The van der Waals surface area contributed by atoms with E-state index >= 15 is 0 Å². The standard InChI is InChI=1S/C14H13FN2O3S/c15-9-3-1-2-8(6-9)11-13(18)16-12(17-14(11)19)10-7-21-5-4-20-10/h1-3,6,10H,4-5,7H2,(H2,16,17,18,19). The maximum atomic E-state index is 13.2. The van der Waals surface area contributed by atoms with Crippen molar-refractivity contribution in [2.75, 3.05) is 18.1 Å². The van der Waals surface area contributed by atoms with Gasteiger partial charge in [-0.2, -0.15) is 16.7 Å². The first kappa shape index (κ1) is 14.1. The number of benzene rings is 1. The van der Waals surface area contributed by atoms with Crippen molar-refractivity contribution in [1.29, 1.82) is 0 Å². The van der Waals surface area contributed by atoms with Crippen LogP contribution in [0.4, 0.5) is 4.39 Å². The van der Waals surface area contributed by atoms with Crippen molar-refractivity contribution in [3.05, 3.63) is 46.3 Å². The monoisotopic (exact) mass is 308 g/mol. The van der Waals surface area contributed by atoms with Crippen LogP contribution in [0, 0.1) is 5.82 Å². The third-order valence-corrected chi connectivity index (χ3v) is 4.15. The first-order chi connectivity index (χ1) is 10.1. The minimum atomic E-state index is -0.512. The lowest BCUT2D eigenvalue weighted by Gasteiger charge is -2.21. The number of hydrogen-bond donors (Lipinski definition) is 2. The molecule has 1 aliphatic heterocycles. The zero-order valence-electron chi connectivity index (χ0n) is 11.0. The summed E-state index contributed by atoms with van der Waals surface area (Å²) in [6, 6.07) is 5.46. The number of nitrogens with zero attached hydrogens (tertiary/aromatic N) is 1. The molecule has 5 nitrogen and oxygen atoms in total. The third-order valence-electron chi connectivity index (χ3n) is 3.15. The molecular formula is C14H13FN2O3S. The second-order valence-electron chi connectivity index (χ2n) is 4.59. The maximum Gasteiger partial charge on any atom is 0.262 e. The molecule has 2 N–H and O–H groups in total. The predicted molar refractivity (Wildman–Crippen MR) is 77.9 cm³/mol. The summed E-state index contributed by atoms with van der Waals surface area (Å²) in [4.78, 5) is 18.8. The van der Waals surface area contributed by atoms with Gasteiger partial charge in [0.1, 0.15) is 23.3 Å². The molecule has 0 aliphatic carbocycles. The third kappa shape index (κ3) is 2.93. The molecule has 1 aliphatic rings. The molecular weight excluding hydrogens is 295 g/mol. The molecule has 1 fully saturated rings. The Bertz CT molecular complexity index is 714. The molecule has 21 heavy (non-hydrogen) atoms. The van der Waals surface area contributed by atoms with Gasteiger partial charge in [0.25, 0.3) is 5.56 Å². The summed E-state index contributed by atoms with van der Waals surface area (Å²) < 4.78 is 18.8. The Morgan fingerprint density at radius 1 is 1.48 bits per heavy atom. The lowest BCUT2D eigenvalue weighted by Crippen LogP contribution is -2.22. The number of ether oxygens (including phenoxy) is 1.